The third-order valence-corrected chi connectivity index (χ3v) is 4.89. The molecule has 0 bridgehead atoms. The van der Waals surface area contributed by atoms with Crippen LogP contribution in [-0.2, 0) is 4.79 Å². The Bertz CT molecular complexity index is 1010. The van der Waals surface area contributed by atoms with E-state index in [-0.39, 0.29) is 5.91 Å². The molecule has 0 saturated carbocycles. The summed E-state index contributed by atoms with van der Waals surface area (Å²) in [6.07, 6.45) is 0.871. The topological polar surface area (TPSA) is 66.2 Å². The summed E-state index contributed by atoms with van der Waals surface area (Å²) in [6, 6.07) is 18.7. The van der Waals surface area contributed by atoms with Gasteiger partial charge in [0, 0.05) is 17.5 Å². The average molecular weight is 389 g/mol. The van der Waals surface area contributed by atoms with E-state index in [2.05, 4.69) is 17.6 Å². The fraction of sp³-hybridized carbons (Fsp3) is 0.136. The highest BCUT2D eigenvalue weighted by atomic mass is 32.1. The van der Waals surface area contributed by atoms with Gasteiger partial charge in [-0.25, -0.2) is 4.98 Å². The number of nitriles is 1. The van der Waals surface area contributed by atoms with Gasteiger partial charge in [-0.2, -0.15) is 5.26 Å². The van der Waals surface area contributed by atoms with Gasteiger partial charge < -0.3 is 4.74 Å². The monoisotopic (exact) mass is 389 g/mol. The predicted octanol–water partition coefficient (Wildman–Crippen LogP) is 4.67. The molecular weight excluding hydrogens is 370 g/mol. The summed E-state index contributed by atoms with van der Waals surface area (Å²) in [4.78, 5) is 19.2. The van der Waals surface area contributed by atoms with Crippen LogP contribution in [0.5, 0.6) is 5.75 Å². The van der Waals surface area contributed by atoms with E-state index in [1.54, 1.807) is 42.2 Å². The molecule has 3 rings (SSSR count). The normalized spacial score (nSPS) is 11.3. The molecule has 0 aliphatic heterocycles. The fourth-order valence-electron chi connectivity index (χ4n) is 2.64. The molecule has 1 heterocycles. The number of aromatic nitrogens is 1. The van der Waals surface area contributed by atoms with Crippen molar-refractivity contribution in [2.45, 2.75) is 13.0 Å². The van der Waals surface area contributed by atoms with E-state index in [0.717, 1.165) is 11.3 Å². The standard InChI is InChI=1S/C22H19N3O2S/c1-3-13-25(22-24-19(15-28-22)17-9-5-4-6-10-17)21(26)16(2)27-20-12-8-7-11-18(20)14-23/h3-12,15-16H,1,13H2,2H3. The van der Waals surface area contributed by atoms with Crippen LogP contribution in [0.25, 0.3) is 11.3 Å². The van der Waals surface area contributed by atoms with Gasteiger partial charge in [0.15, 0.2) is 11.2 Å². The smallest absolute Gasteiger partial charge is 0.269 e. The molecule has 28 heavy (non-hydrogen) atoms. The summed E-state index contributed by atoms with van der Waals surface area (Å²) >= 11 is 1.39. The third kappa shape index (κ3) is 4.27. The summed E-state index contributed by atoms with van der Waals surface area (Å²) < 4.78 is 5.77. The van der Waals surface area contributed by atoms with Gasteiger partial charge in [-0.3, -0.25) is 9.69 Å². The van der Waals surface area contributed by atoms with Crippen molar-refractivity contribution in [1.82, 2.24) is 4.98 Å². The van der Waals surface area contributed by atoms with E-state index in [0.29, 0.717) is 23.0 Å². The van der Waals surface area contributed by atoms with Crippen LogP contribution in [0.4, 0.5) is 5.13 Å². The molecule has 1 aromatic heterocycles. The molecule has 0 N–H and O–H groups in total. The van der Waals surface area contributed by atoms with Gasteiger partial charge in [-0.05, 0) is 19.1 Å². The minimum Gasteiger partial charge on any atom is -0.479 e. The van der Waals surface area contributed by atoms with Crippen LogP contribution in [0.1, 0.15) is 12.5 Å². The molecule has 0 radical (unpaired) electrons. The number of rotatable bonds is 7. The van der Waals surface area contributed by atoms with Crippen molar-refractivity contribution in [3.63, 3.8) is 0 Å². The molecule has 2 aromatic carbocycles. The Morgan fingerprint density at radius 1 is 1.29 bits per heavy atom. The third-order valence-electron chi connectivity index (χ3n) is 4.03. The Balaban J connectivity index is 1.82. The Labute approximate surface area is 168 Å². The van der Waals surface area contributed by atoms with Crippen molar-refractivity contribution in [3.8, 4) is 23.1 Å². The summed E-state index contributed by atoms with van der Waals surface area (Å²) in [6.45, 7) is 5.72. The van der Waals surface area contributed by atoms with Crippen LogP contribution in [0.15, 0.2) is 72.6 Å². The molecule has 1 amide bonds. The Morgan fingerprint density at radius 3 is 2.71 bits per heavy atom. The first-order valence-corrected chi connectivity index (χ1v) is 9.61. The highest BCUT2D eigenvalue weighted by molar-refractivity contribution is 7.14. The van der Waals surface area contributed by atoms with E-state index >= 15 is 0 Å². The van der Waals surface area contributed by atoms with Crippen LogP contribution in [0.2, 0.25) is 0 Å². The lowest BCUT2D eigenvalue weighted by atomic mass is 10.2. The molecule has 6 heteroatoms. The van der Waals surface area contributed by atoms with Gasteiger partial charge in [0.1, 0.15) is 11.8 Å². The molecule has 0 saturated heterocycles. The second-order valence-electron chi connectivity index (χ2n) is 5.99. The number of thiazole rings is 1. The van der Waals surface area contributed by atoms with Crippen LogP contribution in [-0.4, -0.2) is 23.5 Å². The lowest BCUT2D eigenvalue weighted by Gasteiger charge is -2.23. The van der Waals surface area contributed by atoms with Crippen LogP contribution in [0, 0.1) is 11.3 Å². The molecule has 0 aliphatic carbocycles. The lowest BCUT2D eigenvalue weighted by molar-refractivity contribution is -0.124. The van der Waals surface area contributed by atoms with Gasteiger partial charge in [-0.1, -0.05) is 48.5 Å². The van der Waals surface area contributed by atoms with Crippen LogP contribution < -0.4 is 9.64 Å². The number of carbonyl (C=O) groups excluding carboxylic acids is 1. The van der Waals surface area contributed by atoms with E-state index < -0.39 is 6.10 Å². The van der Waals surface area contributed by atoms with Crippen molar-refractivity contribution in [2.75, 3.05) is 11.4 Å². The first-order valence-electron chi connectivity index (χ1n) is 8.73. The number of carbonyl (C=O) groups is 1. The molecular formula is C22H19N3O2S. The van der Waals surface area contributed by atoms with Gasteiger partial charge in [-0.15, -0.1) is 17.9 Å². The molecule has 0 spiro atoms. The van der Waals surface area contributed by atoms with Gasteiger partial charge in [0.2, 0.25) is 0 Å². The number of para-hydroxylation sites is 1. The number of hydrogen-bond acceptors (Lipinski definition) is 5. The van der Waals surface area contributed by atoms with Crippen molar-refractivity contribution >= 4 is 22.4 Å². The average Bonchev–Trinajstić information content (AvgIpc) is 3.22. The molecule has 1 atom stereocenters. The van der Waals surface area contributed by atoms with Crippen molar-refractivity contribution < 1.29 is 9.53 Å². The quantitative estimate of drug-likeness (QED) is 0.551. The minimum absolute atomic E-state index is 0.249. The maximum Gasteiger partial charge on any atom is 0.269 e. The summed E-state index contributed by atoms with van der Waals surface area (Å²) in [7, 11) is 0. The highest BCUT2D eigenvalue weighted by Crippen LogP contribution is 2.28. The van der Waals surface area contributed by atoms with Crippen molar-refractivity contribution in [1.29, 1.82) is 5.26 Å². The second kappa shape index (κ2) is 8.98. The van der Waals surface area contributed by atoms with E-state index in [1.807, 2.05) is 35.7 Å². The van der Waals surface area contributed by atoms with Crippen LogP contribution in [0.3, 0.4) is 0 Å². The molecule has 0 aliphatic rings. The van der Waals surface area contributed by atoms with Crippen molar-refractivity contribution in [3.05, 3.63) is 78.2 Å². The summed E-state index contributed by atoms with van der Waals surface area (Å²) in [5.74, 6) is 0.134. The molecule has 3 aromatic rings. The molecule has 140 valence electrons. The number of anilines is 1. The molecule has 1 unspecified atom stereocenters. The number of ether oxygens (including phenoxy) is 1. The Kier molecular flexibility index (Phi) is 6.20. The number of benzene rings is 2. The largest absolute Gasteiger partial charge is 0.479 e. The van der Waals surface area contributed by atoms with E-state index in [4.69, 9.17) is 4.74 Å². The van der Waals surface area contributed by atoms with Crippen molar-refractivity contribution in [2.24, 2.45) is 0 Å². The van der Waals surface area contributed by atoms with Gasteiger partial charge in [0.25, 0.3) is 5.91 Å². The molecule has 5 nitrogen and oxygen atoms in total. The lowest BCUT2D eigenvalue weighted by Crippen LogP contribution is -2.40. The Morgan fingerprint density at radius 2 is 2.00 bits per heavy atom. The van der Waals surface area contributed by atoms with E-state index in [1.165, 1.54) is 11.3 Å². The maximum atomic E-state index is 13.0. The van der Waals surface area contributed by atoms with E-state index in [9.17, 15) is 10.1 Å². The zero-order valence-corrected chi connectivity index (χ0v) is 16.2. The summed E-state index contributed by atoms with van der Waals surface area (Å²) in [5, 5.41) is 11.7. The fourth-order valence-corrected chi connectivity index (χ4v) is 3.49. The SMILES string of the molecule is C=CCN(C(=O)C(C)Oc1ccccc1C#N)c1nc(-c2ccccc2)cs1. The summed E-state index contributed by atoms with van der Waals surface area (Å²) in [5.41, 5.74) is 2.19. The van der Waals surface area contributed by atoms with Crippen LogP contribution >= 0.6 is 11.3 Å². The Hall–Kier alpha value is -3.43. The maximum absolute atomic E-state index is 13.0. The zero-order valence-electron chi connectivity index (χ0n) is 15.4. The number of hydrogen-bond donors (Lipinski definition) is 0. The highest BCUT2D eigenvalue weighted by Gasteiger charge is 2.25. The van der Waals surface area contributed by atoms with Gasteiger partial charge in [0.05, 0.1) is 11.3 Å². The first kappa shape index (κ1) is 19.3. The molecule has 0 fully saturated rings. The zero-order chi connectivity index (χ0) is 19.9. The number of nitrogens with zero attached hydrogens (tertiary/aromatic N) is 3. The second-order valence-corrected chi connectivity index (χ2v) is 6.82. The van der Waals surface area contributed by atoms with Gasteiger partial charge >= 0.3 is 0 Å². The predicted molar refractivity (Wildman–Crippen MR) is 111 cm³/mol. The minimum atomic E-state index is -0.779. The first-order chi connectivity index (χ1) is 13.6. The number of amides is 1.